The highest BCUT2D eigenvalue weighted by atomic mass is 16.5. The maximum Gasteiger partial charge on any atom is 0.221 e. The van der Waals surface area contributed by atoms with E-state index in [1.165, 1.54) is 6.08 Å². The van der Waals surface area contributed by atoms with Gasteiger partial charge in [0.15, 0.2) is 5.78 Å². The Morgan fingerprint density at radius 2 is 2.08 bits per heavy atom. The van der Waals surface area contributed by atoms with Crippen LogP contribution in [0.3, 0.4) is 0 Å². The fourth-order valence-electron chi connectivity index (χ4n) is 2.80. The second kappa shape index (κ2) is 9.11. The number of carbonyl (C=O) groups is 2. The maximum absolute atomic E-state index is 12.2. The Bertz CT molecular complexity index is 653. The van der Waals surface area contributed by atoms with Gasteiger partial charge in [0.1, 0.15) is 11.5 Å². The van der Waals surface area contributed by atoms with Crippen molar-refractivity contribution in [3.63, 3.8) is 0 Å². The summed E-state index contributed by atoms with van der Waals surface area (Å²) < 4.78 is 15.8. The molecule has 1 aromatic rings. The first-order chi connectivity index (χ1) is 12.1. The van der Waals surface area contributed by atoms with E-state index < -0.39 is 0 Å². The van der Waals surface area contributed by atoms with Crippen LogP contribution in [0.15, 0.2) is 30.0 Å². The Kier molecular flexibility index (Phi) is 6.86. The minimum absolute atomic E-state index is 0.0353. The van der Waals surface area contributed by atoms with Crippen molar-refractivity contribution >= 4 is 11.7 Å². The van der Waals surface area contributed by atoms with Gasteiger partial charge in [0.25, 0.3) is 0 Å². The van der Waals surface area contributed by atoms with Crippen molar-refractivity contribution in [2.45, 2.75) is 32.7 Å². The van der Waals surface area contributed by atoms with E-state index in [0.29, 0.717) is 43.3 Å². The van der Waals surface area contributed by atoms with Crippen molar-refractivity contribution in [2.24, 2.45) is 5.92 Å². The molecule has 136 valence electrons. The first-order valence-electron chi connectivity index (χ1n) is 8.42. The van der Waals surface area contributed by atoms with E-state index in [2.05, 4.69) is 5.32 Å². The van der Waals surface area contributed by atoms with Gasteiger partial charge in [0.05, 0.1) is 26.6 Å². The van der Waals surface area contributed by atoms with Gasteiger partial charge in [-0.05, 0) is 25.5 Å². The second-order valence-corrected chi connectivity index (χ2v) is 5.84. The summed E-state index contributed by atoms with van der Waals surface area (Å²) in [4.78, 5) is 24.3. The van der Waals surface area contributed by atoms with Crippen LogP contribution in [0, 0.1) is 5.92 Å². The molecule has 1 N–H and O–H groups in total. The molecule has 0 fully saturated rings. The summed E-state index contributed by atoms with van der Waals surface area (Å²) >= 11 is 0. The minimum Gasteiger partial charge on any atom is -0.498 e. The largest absolute Gasteiger partial charge is 0.498 e. The standard InChI is InChI=1S/C19H25NO5/c1-4-25-16-8-5-13(17(21)10-16)9-19(22)20-12-14-6-7-15(23-2)11-18(14)24-3/h6-7,10-11,13H,4-5,8-9,12H2,1-3H3,(H,20,22). The quantitative estimate of drug-likeness (QED) is 0.782. The molecule has 0 radical (unpaired) electrons. The number of nitrogens with one attached hydrogen (secondary N) is 1. The fraction of sp³-hybridized carbons (Fsp3) is 0.474. The van der Waals surface area contributed by atoms with Gasteiger partial charge < -0.3 is 19.5 Å². The van der Waals surface area contributed by atoms with E-state index in [1.807, 2.05) is 19.1 Å². The Hall–Kier alpha value is -2.50. The lowest BCUT2D eigenvalue weighted by Gasteiger charge is -2.20. The van der Waals surface area contributed by atoms with Crippen LogP contribution in [0.2, 0.25) is 0 Å². The highest BCUT2D eigenvalue weighted by Gasteiger charge is 2.25. The van der Waals surface area contributed by atoms with Gasteiger partial charge in [-0.2, -0.15) is 0 Å². The summed E-state index contributed by atoms with van der Waals surface area (Å²) in [6.45, 7) is 2.78. The smallest absolute Gasteiger partial charge is 0.221 e. The summed E-state index contributed by atoms with van der Waals surface area (Å²) in [6.07, 6.45) is 3.05. The lowest BCUT2D eigenvalue weighted by molar-refractivity contribution is -0.127. The molecule has 1 aliphatic rings. The Balaban J connectivity index is 1.88. The second-order valence-electron chi connectivity index (χ2n) is 5.84. The highest BCUT2D eigenvalue weighted by molar-refractivity contribution is 5.95. The molecule has 0 heterocycles. The molecule has 1 aliphatic carbocycles. The molecule has 6 nitrogen and oxygen atoms in total. The molecular weight excluding hydrogens is 322 g/mol. The minimum atomic E-state index is -0.276. The zero-order valence-corrected chi connectivity index (χ0v) is 15.0. The first-order valence-corrected chi connectivity index (χ1v) is 8.42. The van der Waals surface area contributed by atoms with Crippen LogP contribution in [0.1, 0.15) is 31.7 Å². The van der Waals surface area contributed by atoms with Gasteiger partial charge >= 0.3 is 0 Å². The van der Waals surface area contributed by atoms with Crippen molar-refractivity contribution in [3.05, 3.63) is 35.6 Å². The molecule has 6 heteroatoms. The lowest BCUT2D eigenvalue weighted by Crippen LogP contribution is -2.29. The highest BCUT2D eigenvalue weighted by Crippen LogP contribution is 2.26. The van der Waals surface area contributed by atoms with E-state index in [0.717, 1.165) is 5.56 Å². The summed E-state index contributed by atoms with van der Waals surface area (Å²) in [5.41, 5.74) is 0.852. The average molecular weight is 347 g/mol. The van der Waals surface area contributed by atoms with Gasteiger partial charge in [0, 0.05) is 43.0 Å². The molecule has 1 aromatic carbocycles. The van der Waals surface area contributed by atoms with Crippen molar-refractivity contribution in [1.82, 2.24) is 5.32 Å². The van der Waals surface area contributed by atoms with E-state index in [1.54, 1.807) is 20.3 Å². The predicted octanol–water partition coefficient (Wildman–Crippen LogP) is 2.61. The Labute approximate surface area is 148 Å². The molecule has 25 heavy (non-hydrogen) atoms. The molecule has 2 rings (SSSR count). The number of ether oxygens (including phenoxy) is 3. The van der Waals surface area contributed by atoms with Crippen LogP contribution in [0.25, 0.3) is 0 Å². The van der Waals surface area contributed by atoms with Crippen molar-refractivity contribution in [3.8, 4) is 11.5 Å². The zero-order valence-electron chi connectivity index (χ0n) is 15.0. The third-order valence-electron chi connectivity index (χ3n) is 4.18. The third-order valence-corrected chi connectivity index (χ3v) is 4.18. The van der Waals surface area contributed by atoms with E-state index in [-0.39, 0.29) is 24.0 Å². The first kappa shape index (κ1) is 18.8. The number of methoxy groups -OCH3 is 2. The third kappa shape index (κ3) is 5.24. The zero-order chi connectivity index (χ0) is 18.2. The Morgan fingerprint density at radius 3 is 2.72 bits per heavy atom. The molecule has 0 bridgehead atoms. The van der Waals surface area contributed by atoms with Crippen molar-refractivity contribution in [1.29, 1.82) is 0 Å². The molecule has 1 atom stereocenters. The van der Waals surface area contributed by atoms with Gasteiger partial charge in [-0.1, -0.05) is 0 Å². The van der Waals surface area contributed by atoms with Crippen LogP contribution in [0.4, 0.5) is 0 Å². The predicted molar refractivity (Wildman–Crippen MR) is 93.4 cm³/mol. The number of hydrogen-bond acceptors (Lipinski definition) is 5. The topological polar surface area (TPSA) is 73.9 Å². The van der Waals surface area contributed by atoms with Gasteiger partial charge in [0.2, 0.25) is 5.91 Å². The normalized spacial score (nSPS) is 16.8. The van der Waals surface area contributed by atoms with E-state index in [4.69, 9.17) is 14.2 Å². The number of amides is 1. The monoisotopic (exact) mass is 347 g/mol. The number of benzene rings is 1. The average Bonchev–Trinajstić information content (AvgIpc) is 2.62. The maximum atomic E-state index is 12.2. The molecule has 1 amide bonds. The van der Waals surface area contributed by atoms with E-state index >= 15 is 0 Å². The van der Waals surface area contributed by atoms with Crippen LogP contribution < -0.4 is 14.8 Å². The molecule has 0 aliphatic heterocycles. The van der Waals surface area contributed by atoms with Crippen molar-refractivity contribution < 1.29 is 23.8 Å². The SMILES string of the molecule is CCOC1=CC(=O)C(CC(=O)NCc2ccc(OC)cc2OC)CC1. The van der Waals surface area contributed by atoms with E-state index in [9.17, 15) is 9.59 Å². The molecule has 0 spiro atoms. The van der Waals surface area contributed by atoms with Crippen molar-refractivity contribution in [2.75, 3.05) is 20.8 Å². The summed E-state index contributed by atoms with van der Waals surface area (Å²) in [7, 11) is 3.16. The molecular formula is C19H25NO5. The van der Waals surface area contributed by atoms with Crippen LogP contribution in [-0.4, -0.2) is 32.5 Å². The summed E-state index contributed by atoms with van der Waals surface area (Å²) in [5, 5.41) is 2.85. The number of ketones is 1. The number of hydrogen-bond donors (Lipinski definition) is 1. The molecule has 0 saturated carbocycles. The fourth-order valence-corrected chi connectivity index (χ4v) is 2.80. The van der Waals surface area contributed by atoms with Crippen LogP contribution in [0.5, 0.6) is 11.5 Å². The summed E-state index contributed by atoms with van der Waals surface area (Å²) in [5.74, 6) is 1.60. The Morgan fingerprint density at radius 1 is 1.28 bits per heavy atom. The number of rotatable bonds is 8. The molecule has 1 unspecified atom stereocenters. The van der Waals surface area contributed by atoms with Crippen LogP contribution in [-0.2, 0) is 20.9 Å². The number of carbonyl (C=O) groups excluding carboxylic acids is 2. The number of allylic oxidation sites excluding steroid dienone is 2. The summed E-state index contributed by atoms with van der Waals surface area (Å²) in [6, 6.07) is 5.43. The molecule has 0 aromatic heterocycles. The van der Waals surface area contributed by atoms with Gasteiger partial charge in [-0.3, -0.25) is 9.59 Å². The molecule has 0 saturated heterocycles. The van der Waals surface area contributed by atoms with Gasteiger partial charge in [-0.15, -0.1) is 0 Å². The lowest BCUT2D eigenvalue weighted by atomic mass is 9.89. The van der Waals surface area contributed by atoms with Crippen LogP contribution >= 0.6 is 0 Å². The van der Waals surface area contributed by atoms with Gasteiger partial charge in [-0.25, -0.2) is 0 Å².